The average Bonchev–Trinajstić information content (AvgIpc) is 3.04. The summed E-state index contributed by atoms with van der Waals surface area (Å²) in [5.41, 5.74) is 8.13. The highest BCUT2D eigenvalue weighted by molar-refractivity contribution is 6.03. The highest BCUT2D eigenvalue weighted by Crippen LogP contribution is 2.27. The molecular weight excluding hydrogens is 330 g/mol. The second-order valence-electron chi connectivity index (χ2n) is 6.36. The molecule has 0 aliphatic carbocycles. The van der Waals surface area contributed by atoms with E-state index in [-0.39, 0.29) is 18.2 Å². The zero-order valence-electron chi connectivity index (χ0n) is 14.6. The van der Waals surface area contributed by atoms with Gasteiger partial charge in [0.2, 0.25) is 17.7 Å². The highest BCUT2D eigenvalue weighted by atomic mass is 16.2. The zero-order chi connectivity index (χ0) is 18.7. The van der Waals surface area contributed by atoms with Crippen molar-refractivity contribution in [3.8, 4) is 0 Å². The fourth-order valence-electron chi connectivity index (χ4n) is 3.04. The van der Waals surface area contributed by atoms with Crippen molar-refractivity contribution in [3.63, 3.8) is 0 Å². The van der Waals surface area contributed by atoms with Gasteiger partial charge < -0.3 is 16.0 Å². The molecule has 1 fully saturated rings. The normalized spacial score (nSPS) is 16.6. The number of primary amides is 1. The molecule has 3 N–H and O–H groups in total. The first-order valence-corrected chi connectivity index (χ1v) is 8.58. The molecule has 2 aromatic rings. The summed E-state index contributed by atoms with van der Waals surface area (Å²) in [5, 5.41) is 2.80. The smallest absolute Gasteiger partial charge is 0.248 e. The van der Waals surface area contributed by atoms with E-state index in [4.69, 9.17) is 5.73 Å². The number of anilines is 2. The van der Waals surface area contributed by atoms with Crippen LogP contribution in [0.2, 0.25) is 0 Å². The first kappa shape index (κ1) is 17.7. The Hall–Kier alpha value is -3.15. The molecule has 0 spiro atoms. The van der Waals surface area contributed by atoms with E-state index in [0.717, 1.165) is 17.7 Å². The average molecular weight is 351 g/mol. The van der Waals surface area contributed by atoms with Gasteiger partial charge in [0.15, 0.2) is 0 Å². The van der Waals surface area contributed by atoms with E-state index in [0.29, 0.717) is 17.8 Å². The van der Waals surface area contributed by atoms with Gasteiger partial charge in [0.25, 0.3) is 0 Å². The van der Waals surface area contributed by atoms with Crippen LogP contribution < -0.4 is 16.0 Å². The van der Waals surface area contributed by atoms with E-state index < -0.39 is 11.8 Å². The summed E-state index contributed by atoms with van der Waals surface area (Å²) in [6, 6.07) is 14.2. The van der Waals surface area contributed by atoms with Crippen LogP contribution in [-0.2, 0) is 16.0 Å². The van der Waals surface area contributed by atoms with Crippen LogP contribution in [0.1, 0.15) is 29.3 Å². The first-order chi connectivity index (χ1) is 12.5. The Kier molecular flexibility index (Phi) is 5.02. The van der Waals surface area contributed by atoms with Crippen LogP contribution >= 0.6 is 0 Å². The van der Waals surface area contributed by atoms with Crippen LogP contribution in [0.25, 0.3) is 0 Å². The molecule has 6 nitrogen and oxygen atoms in total. The van der Waals surface area contributed by atoms with Crippen molar-refractivity contribution in [2.24, 2.45) is 11.7 Å². The van der Waals surface area contributed by atoms with Gasteiger partial charge in [0.05, 0.1) is 5.92 Å². The fraction of sp³-hybridized carbons (Fsp3) is 0.250. The molecule has 26 heavy (non-hydrogen) atoms. The largest absolute Gasteiger partial charge is 0.366 e. The summed E-state index contributed by atoms with van der Waals surface area (Å²) in [5.74, 6) is -1.19. The van der Waals surface area contributed by atoms with Gasteiger partial charge in [-0.25, -0.2) is 0 Å². The monoisotopic (exact) mass is 351 g/mol. The van der Waals surface area contributed by atoms with E-state index in [1.165, 1.54) is 0 Å². The summed E-state index contributed by atoms with van der Waals surface area (Å²) < 4.78 is 0. The summed E-state index contributed by atoms with van der Waals surface area (Å²) in [6.45, 7) is 2.42. The third kappa shape index (κ3) is 3.74. The molecule has 134 valence electrons. The molecule has 0 aromatic heterocycles. The molecule has 0 saturated carbocycles. The molecule has 0 unspecified atom stereocenters. The number of carbonyl (C=O) groups is 3. The topological polar surface area (TPSA) is 92.5 Å². The zero-order valence-corrected chi connectivity index (χ0v) is 14.6. The Balaban J connectivity index is 1.67. The highest BCUT2D eigenvalue weighted by Gasteiger charge is 2.35. The van der Waals surface area contributed by atoms with E-state index in [2.05, 4.69) is 12.2 Å². The van der Waals surface area contributed by atoms with Gasteiger partial charge in [-0.1, -0.05) is 19.1 Å². The standard InChI is InChI=1S/C20H21N3O3/c1-2-13-4-3-5-17(10-13)23-12-15(11-18(23)24)20(26)22-16-8-6-14(7-9-16)19(21)25/h3-10,15H,2,11-12H2,1H3,(H2,21,25)(H,22,26)/t15-/m0/s1. The van der Waals surface area contributed by atoms with Crippen molar-refractivity contribution in [2.75, 3.05) is 16.8 Å². The number of hydrogen-bond acceptors (Lipinski definition) is 3. The lowest BCUT2D eigenvalue weighted by molar-refractivity contribution is -0.122. The van der Waals surface area contributed by atoms with Gasteiger partial charge in [0, 0.05) is 29.9 Å². The number of benzene rings is 2. The number of hydrogen-bond donors (Lipinski definition) is 2. The van der Waals surface area contributed by atoms with E-state index in [1.54, 1.807) is 29.2 Å². The maximum Gasteiger partial charge on any atom is 0.248 e. The summed E-state index contributed by atoms with van der Waals surface area (Å²) >= 11 is 0. The molecule has 0 radical (unpaired) electrons. The Morgan fingerprint density at radius 2 is 1.92 bits per heavy atom. The van der Waals surface area contributed by atoms with Crippen LogP contribution in [0.5, 0.6) is 0 Å². The number of carbonyl (C=O) groups excluding carboxylic acids is 3. The number of rotatable bonds is 5. The summed E-state index contributed by atoms with van der Waals surface area (Å²) in [4.78, 5) is 37.6. The van der Waals surface area contributed by atoms with Crippen molar-refractivity contribution in [1.29, 1.82) is 0 Å². The van der Waals surface area contributed by atoms with Gasteiger partial charge in [-0.05, 0) is 48.4 Å². The molecule has 1 heterocycles. The number of nitrogens with zero attached hydrogens (tertiary/aromatic N) is 1. The van der Waals surface area contributed by atoms with Crippen molar-refractivity contribution in [3.05, 3.63) is 59.7 Å². The molecule has 3 rings (SSSR count). The maximum atomic E-state index is 12.5. The number of aryl methyl sites for hydroxylation is 1. The van der Waals surface area contributed by atoms with Crippen molar-refractivity contribution < 1.29 is 14.4 Å². The minimum atomic E-state index is -0.519. The first-order valence-electron chi connectivity index (χ1n) is 8.58. The van der Waals surface area contributed by atoms with Gasteiger partial charge in [-0.2, -0.15) is 0 Å². The Morgan fingerprint density at radius 3 is 2.58 bits per heavy atom. The third-order valence-electron chi connectivity index (χ3n) is 4.56. The molecule has 0 bridgehead atoms. The lowest BCUT2D eigenvalue weighted by atomic mass is 10.1. The van der Waals surface area contributed by atoms with Crippen LogP contribution in [0.4, 0.5) is 11.4 Å². The molecule has 3 amide bonds. The Morgan fingerprint density at radius 1 is 1.19 bits per heavy atom. The lowest BCUT2D eigenvalue weighted by Crippen LogP contribution is -2.28. The van der Waals surface area contributed by atoms with Crippen molar-refractivity contribution >= 4 is 29.1 Å². The third-order valence-corrected chi connectivity index (χ3v) is 4.56. The molecule has 6 heteroatoms. The van der Waals surface area contributed by atoms with Crippen LogP contribution in [0, 0.1) is 5.92 Å². The predicted octanol–water partition coefficient (Wildman–Crippen LogP) is 2.34. The molecule has 2 aromatic carbocycles. The Labute approximate surface area is 152 Å². The van der Waals surface area contributed by atoms with Gasteiger partial charge in [0.1, 0.15) is 0 Å². The second kappa shape index (κ2) is 7.39. The van der Waals surface area contributed by atoms with E-state index >= 15 is 0 Å². The van der Waals surface area contributed by atoms with E-state index in [9.17, 15) is 14.4 Å². The number of nitrogens with two attached hydrogens (primary N) is 1. The predicted molar refractivity (Wildman–Crippen MR) is 99.9 cm³/mol. The second-order valence-corrected chi connectivity index (χ2v) is 6.36. The summed E-state index contributed by atoms with van der Waals surface area (Å²) in [6.07, 6.45) is 1.07. The molecule has 1 atom stereocenters. The SMILES string of the molecule is CCc1cccc(N2C[C@@H](C(=O)Nc3ccc(C(N)=O)cc3)CC2=O)c1. The van der Waals surface area contributed by atoms with Gasteiger partial charge in [-0.3, -0.25) is 14.4 Å². The van der Waals surface area contributed by atoms with Gasteiger partial charge in [-0.15, -0.1) is 0 Å². The van der Waals surface area contributed by atoms with Crippen molar-refractivity contribution in [1.82, 2.24) is 0 Å². The minimum Gasteiger partial charge on any atom is -0.366 e. The van der Waals surface area contributed by atoms with E-state index in [1.807, 2.05) is 24.3 Å². The fourth-order valence-corrected chi connectivity index (χ4v) is 3.04. The van der Waals surface area contributed by atoms with Crippen LogP contribution in [0.15, 0.2) is 48.5 Å². The van der Waals surface area contributed by atoms with Crippen LogP contribution in [0.3, 0.4) is 0 Å². The number of nitrogens with one attached hydrogen (secondary N) is 1. The maximum absolute atomic E-state index is 12.5. The molecule has 1 aliphatic rings. The minimum absolute atomic E-state index is 0.0533. The quantitative estimate of drug-likeness (QED) is 0.866. The van der Waals surface area contributed by atoms with Crippen LogP contribution in [-0.4, -0.2) is 24.3 Å². The van der Waals surface area contributed by atoms with Crippen molar-refractivity contribution in [2.45, 2.75) is 19.8 Å². The summed E-state index contributed by atoms with van der Waals surface area (Å²) in [7, 11) is 0. The molecule has 1 aliphatic heterocycles. The lowest BCUT2D eigenvalue weighted by Gasteiger charge is -2.17. The number of amides is 3. The van der Waals surface area contributed by atoms with Gasteiger partial charge >= 0.3 is 0 Å². The molecule has 1 saturated heterocycles. The Bertz CT molecular complexity index is 846. The molecular formula is C20H21N3O3.